The summed E-state index contributed by atoms with van der Waals surface area (Å²) in [6, 6.07) is 3.88. The first-order chi connectivity index (χ1) is 11.5. The van der Waals surface area contributed by atoms with Crippen molar-refractivity contribution in [3.05, 3.63) is 28.9 Å². The molecule has 1 N–H and O–H groups in total. The number of ether oxygens (including phenoxy) is 1. The number of anilines is 1. The van der Waals surface area contributed by atoms with Gasteiger partial charge in [0.25, 0.3) is 5.91 Å². The molecule has 3 heterocycles. The van der Waals surface area contributed by atoms with E-state index in [1.165, 1.54) is 23.1 Å². The van der Waals surface area contributed by atoms with Gasteiger partial charge in [-0.25, -0.2) is 9.97 Å². The molecule has 1 aromatic carbocycles. The third-order valence-corrected chi connectivity index (χ3v) is 5.61. The molecule has 0 aliphatic carbocycles. The molecule has 0 radical (unpaired) electrons. The molecule has 122 valence electrons. The summed E-state index contributed by atoms with van der Waals surface area (Å²) < 4.78 is 8.80. The first-order valence-corrected chi connectivity index (χ1v) is 8.74. The third-order valence-electron chi connectivity index (χ3n) is 3.47. The Balaban J connectivity index is 1.71. The fourth-order valence-corrected chi connectivity index (χ4v) is 4.48. The van der Waals surface area contributed by atoms with Crippen LogP contribution >= 0.6 is 22.7 Å². The van der Waals surface area contributed by atoms with Gasteiger partial charge in [-0.05, 0) is 19.1 Å². The third kappa shape index (κ3) is 2.42. The molecule has 0 saturated heterocycles. The number of rotatable bonds is 3. The standard InChI is InChI=1S/C15H13N5O2S2/c1-7-16-9-4-5-10-12(11(9)23-7)24-15(17-10)18-13(21)8-6-20(2)19-14(8)22-3/h4-6H,1-3H3,(H,17,18,21). The number of hydrogen-bond donors (Lipinski definition) is 1. The van der Waals surface area contributed by atoms with Gasteiger partial charge in [-0.3, -0.25) is 14.8 Å². The van der Waals surface area contributed by atoms with Crippen LogP contribution < -0.4 is 10.1 Å². The summed E-state index contributed by atoms with van der Waals surface area (Å²) in [7, 11) is 3.22. The number of thiazole rings is 2. The van der Waals surface area contributed by atoms with Crippen molar-refractivity contribution in [2.24, 2.45) is 7.05 Å². The van der Waals surface area contributed by atoms with E-state index in [0.29, 0.717) is 10.7 Å². The normalized spacial score (nSPS) is 11.3. The van der Waals surface area contributed by atoms with Crippen LogP contribution in [-0.4, -0.2) is 32.8 Å². The van der Waals surface area contributed by atoms with E-state index >= 15 is 0 Å². The van der Waals surface area contributed by atoms with Gasteiger partial charge in [0, 0.05) is 13.2 Å². The fourth-order valence-electron chi connectivity index (χ4n) is 2.48. The lowest BCUT2D eigenvalue weighted by atomic mass is 10.3. The molecule has 0 saturated carbocycles. The van der Waals surface area contributed by atoms with Crippen LogP contribution in [0.15, 0.2) is 18.3 Å². The van der Waals surface area contributed by atoms with Crippen molar-refractivity contribution in [1.29, 1.82) is 0 Å². The van der Waals surface area contributed by atoms with E-state index in [0.717, 1.165) is 25.4 Å². The van der Waals surface area contributed by atoms with Gasteiger partial charge < -0.3 is 4.74 Å². The zero-order valence-corrected chi connectivity index (χ0v) is 14.8. The lowest BCUT2D eigenvalue weighted by Crippen LogP contribution is -2.12. The summed E-state index contributed by atoms with van der Waals surface area (Å²) in [5.41, 5.74) is 2.18. The van der Waals surface area contributed by atoms with Gasteiger partial charge in [-0.15, -0.1) is 16.4 Å². The SMILES string of the molecule is COc1nn(C)cc1C(=O)Nc1nc2ccc3nc(C)sc3c2s1. The van der Waals surface area contributed by atoms with Crippen LogP contribution in [0.1, 0.15) is 15.4 Å². The van der Waals surface area contributed by atoms with Crippen LogP contribution in [0.5, 0.6) is 5.88 Å². The van der Waals surface area contributed by atoms with Crippen molar-refractivity contribution in [3.63, 3.8) is 0 Å². The van der Waals surface area contributed by atoms with E-state index in [2.05, 4.69) is 20.4 Å². The molecule has 0 spiro atoms. The highest BCUT2D eigenvalue weighted by Gasteiger charge is 2.18. The highest BCUT2D eigenvalue weighted by Crippen LogP contribution is 2.36. The minimum absolute atomic E-state index is 0.289. The van der Waals surface area contributed by atoms with Crippen molar-refractivity contribution in [3.8, 4) is 5.88 Å². The summed E-state index contributed by atoms with van der Waals surface area (Å²) >= 11 is 3.08. The number of nitrogens with one attached hydrogen (secondary N) is 1. The van der Waals surface area contributed by atoms with E-state index in [9.17, 15) is 4.79 Å². The van der Waals surface area contributed by atoms with Crippen molar-refractivity contribution < 1.29 is 9.53 Å². The van der Waals surface area contributed by atoms with Gasteiger partial charge in [-0.1, -0.05) is 11.3 Å². The predicted molar refractivity (Wildman–Crippen MR) is 95.2 cm³/mol. The van der Waals surface area contributed by atoms with Crippen molar-refractivity contribution in [2.75, 3.05) is 12.4 Å². The molecule has 4 rings (SSSR count). The molecular weight excluding hydrogens is 346 g/mol. The van der Waals surface area contributed by atoms with Crippen LogP contribution in [0, 0.1) is 6.92 Å². The van der Waals surface area contributed by atoms with Gasteiger partial charge in [-0.2, -0.15) is 0 Å². The molecule has 0 aliphatic rings. The van der Waals surface area contributed by atoms with E-state index < -0.39 is 0 Å². The molecule has 7 nitrogen and oxygen atoms in total. The first-order valence-electron chi connectivity index (χ1n) is 7.11. The molecule has 24 heavy (non-hydrogen) atoms. The maximum atomic E-state index is 12.5. The zero-order valence-electron chi connectivity index (χ0n) is 13.2. The number of carbonyl (C=O) groups is 1. The molecular formula is C15H13N5O2S2. The lowest BCUT2D eigenvalue weighted by molar-refractivity contribution is 0.102. The van der Waals surface area contributed by atoms with E-state index in [-0.39, 0.29) is 11.8 Å². The maximum absolute atomic E-state index is 12.5. The van der Waals surface area contributed by atoms with Crippen LogP contribution in [0.2, 0.25) is 0 Å². The molecule has 0 bridgehead atoms. The largest absolute Gasteiger partial charge is 0.479 e. The topological polar surface area (TPSA) is 81.9 Å². The average molecular weight is 359 g/mol. The Labute approximate surface area is 144 Å². The molecule has 0 fully saturated rings. The molecule has 0 atom stereocenters. The predicted octanol–water partition coefficient (Wildman–Crippen LogP) is 3.21. The quantitative estimate of drug-likeness (QED) is 0.607. The molecule has 4 aromatic rings. The highest BCUT2D eigenvalue weighted by molar-refractivity contribution is 7.28. The van der Waals surface area contributed by atoms with Gasteiger partial charge in [0.2, 0.25) is 5.88 Å². The summed E-state index contributed by atoms with van der Waals surface area (Å²) in [6.45, 7) is 1.98. The summed E-state index contributed by atoms with van der Waals surface area (Å²) in [6.07, 6.45) is 1.62. The Morgan fingerprint density at radius 3 is 2.67 bits per heavy atom. The lowest BCUT2D eigenvalue weighted by Gasteiger charge is -2.00. The van der Waals surface area contributed by atoms with Gasteiger partial charge in [0.1, 0.15) is 5.56 Å². The average Bonchev–Trinajstić information content (AvgIpc) is 3.21. The number of carbonyl (C=O) groups excluding carboxylic acids is 1. The van der Waals surface area contributed by atoms with Crippen LogP contribution in [0.3, 0.4) is 0 Å². The number of hydrogen-bond acceptors (Lipinski definition) is 7. The van der Waals surface area contributed by atoms with Crippen molar-refractivity contribution in [2.45, 2.75) is 6.92 Å². The Bertz CT molecular complexity index is 1080. The maximum Gasteiger partial charge on any atom is 0.264 e. The Morgan fingerprint density at radius 1 is 1.21 bits per heavy atom. The molecule has 0 aliphatic heterocycles. The second-order valence-electron chi connectivity index (χ2n) is 5.19. The molecule has 3 aromatic heterocycles. The number of amides is 1. The van der Waals surface area contributed by atoms with E-state index in [4.69, 9.17) is 4.74 Å². The van der Waals surface area contributed by atoms with Gasteiger partial charge >= 0.3 is 0 Å². The number of aryl methyl sites for hydroxylation is 2. The first kappa shape index (κ1) is 15.0. The number of benzene rings is 1. The molecule has 0 unspecified atom stereocenters. The second kappa shape index (κ2) is 5.53. The molecule has 9 heteroatoms. The second-order valence-corrected chi connectivity index (χ2v) is 7.40. The Kier molecular flexibility index (Phi) is 3.47. The van der Waals surface area contributed by atoms with Gasteiger partial charge in [0.05, 0.1) is 32.6 Å². The van der Waals surface area contributed by atoms with Crippen LogP contribution in [0.25, 0.3) is 20.4 Å². The smallest absolute Gasteiger partial charge is 0.264 e. The Morgan fingerprint density at radius 2 is 1.92 bits per heavy atom. The van der Waals surface area contributed by atoms with E-state index in [1.54, 1.807) is 24.6 Å². The van der Waals surface area contributed by atoms with Crippen molar-refractivity contribution in [1.82, 2.24) is 19.7 Å². The number of methoxy groups -OCH3 is 1. The summed E-state index contributed by atoms with van der Waals surface area (Å²) in [5.74, 6) is -0.00711. The molecule has 1 amide bonds. The van der Waals surface area contributed by atoms with Crippen LogP contribution in [0.4, 0.5) is 5.13 Å². The highest BCUT2D eigenvalue weighted by atomic mass is 32.1. The summed E-state index contributed by atoms with van der Waals surface area (Å²) in [4.78, 5) is 21.5. The van der Waals surface area contributed by atoms with Crippen LogP contribution in [-0.2, 0) is 7.05 Å². The minimum Gasteiger partial charge on any atom is -0.479 e. The van der Waals surface area contributed by atoms with Crippen molar-refractivity contribution >= 4 is 54.1 Å². The minimum atomic E-state index is -0.296. The van der Waals surface area contributed by atoms with E-state index in [1.807, 2.05) is 19.1 Å². The summed E-state index contributed by atoms with van der Waals surface area (Å²) in [5, 5.41) is 8.47. The number of fused-ring (bicyclic) bond motifs is 3. The van der Waals surface area contributed by atoms with Gasteiger partial charge in [0.15, 0.2) is 5.13 Å². The number of aromatic nitrogens is 4. The Hall–Kier alpha value is -2.52. The fraction of sp³-hybridized carbons (Fsp3) is 0.200. The zero-order chi connectivity index (χ0) is 16.8. The monoisotopic (exact) mass is 359 g/mol. The number of nitrogens with zero attached hydrogens (tertiary/aromatic N) is 4.